The molecule has 0 radical (unpaired) electrons. The normalized spacial score (nSPS) is 21.8. The molecule has 3 amide bonds. The Balaban J connectivity index is 1.96. The number of carbonyl (C=O) groups is 2. The molecule has 1 fully saturated rings. The van der Waals surface area contributed by atoms with Gasteiger partial charge in [-0.3, -0.25) is 10.1 Å². The fraction of sp³-hybridized carbons (Fsp3) is 0.500. The number of hydrogen-bond acceptors (Lipinski definition) is 3. The third-order valence-corrected chi connectivity index (χ3v) is 3.73. The summed E-state index contributed by atoms with van der Waals surface area (Å²) in [5.41, 5.74) is 0.447. The predicted molar refractivity (Wildman–Crippen MR) is 80.4 cm³/mol. The van der Waals surface area contributed by atoms with E-state index in [9.17, 15) is 9.59 Å². The van der Waals surface area contributed by atoms with Crippen LogP contribution in [0.5, 0.6) is 5.75 Å². The molecule has 1 aliphatic rings. The maximum atomic E-state index is 12.2. The molecule has 5 nitrogen and oxygen atoms in total. The third kappa shape index (κ3) is 3.97. The molecule has 1 aliphatic heterocycles. The van der Waals surface area contributed by atoms with Crippen molar-refractivity contribution in [2.24, 2.45) is 11.8 Å². The van der Waals surface area contributed by atoms with Gasteiger partial charge < -0.3 is 9.64 Å². The minimum atomic E-state index is -0.381. The summed E-state index contributed by atoms with van der Waals surface area (Å²) in [4.78, 5) is 25.9. The zero-order chi connectivity index (χ0) is 15.4. The average molecular weight is 290 g/mol. The SMILES string of the molecule is COc1ccc(C(=O)NC(=O)N2CC(C)CC(C)C2)cc1. The number of hydrogen-bond donors (Lipinski definition) is 1. The lowest BCUT2D eigenvalue weighted by molar-refractivity contribution is 0.0933. The average Bonchev–Trinajstić information content (AvgIpc) is 2.46. The fourth-order valence-electron chi connectivity index (χ4n) is 2.82. The predicted octanol–water partition coefficient (Wildman–Crippen LogP) is 2.52. The molecule has 1 aromatic rings. The van der Waals surface area contributed by atoms with E-state index >= 15 is 0 Å². The van der Waals surface area contributed by atoms with Crippen LogP contribution in [-0.2, 0) is 0 Å². The van der Waals surface area contributed by atoms with Gasteiger partial charge in [-0.05, 0) is 42.5 Å². The second-order valence-electron chi connectivity index (χ2n) is 5.84. The van der Waals surface area contributed by atoms with Gasteiger partial charge in [0.15, 0.2) is 0 Å². The van der Waals surface area contributed by atoms with Crippen LogP contribution in [0.25, 0.3) is 0 Å². The molecule has 1 heterocycles. The molecule has 21 heavy (non-hydrogen) atoms. The number of rotatable bonds is 2. The Morgan fingerprint density at radius 2 is 1.71 bits per heavy atom. The number of carbonyl (C=O) groups excluding carboxylic acids is 2. The van der Waals surface area contributed by atoms with E-state index in [1.165, 1.54) is 0 Å². The molecule has 2 rings (SSSR count). The minimum absolute atomic E-state index is 0.311. The number of ether oxygens (including phenoxy) is 1. The van der Waals surface area contributed by atoms with Crippen LogP contribution in [0.3, 0.4) is 0 Å². The molecule has 1 N–H and O–H groups in total. The van der Waals surface area contributed by atoms with Gasteiger partial charge in [-0.25, -0.2) is 4.79 Å². The summed E-state index contributed by atoms with van der Waals surface area (Å²) in [5, 5.41) is 2.45. The Hall–Kier alpha value is -2.04. The van der Waals surface area contributed by atoms with Crippen LogP contribution >= 0.6 is 0 Å². The third-order valence-electron chi connectivity index (χ3n) is 3.73. The lowest BCUT2D eigenvalue weighted by Gasteiger charge is -2.34. The van der Waals surface area contributed by atoms with E-state index in [0.717, 1.165) is 6.42 Å². The Morgan fingerprint density at radius 1 is 1.14 bits per heavy atom. The molecular formula is C16H22N2O3. The largest absolute Gasteiger partial charge is 0.497 e. The van der Waals surface area contributed by atoms with Gasteiger partial charge in [-0.2, -0.15) is 0 Å². The maximum absolute atomic E-state index is 12.2. The van der Waals surface area contributed by atoms with E-state index in [0.29, 0.717) is 36.2 Å². The van der Waals surface area contributed by atoms with Crippen LogP contribution in [0, 0.1) is 11.8 Å². The molecule has 0 bridgehead atoms. The summed E-state index contributed by atoms with van der Waals surface area (Å²) >= 11 is 0. The topological polar surface area (TPSA) is 58.6 Å². The first-order valence-corrected chi connectivity index (χ1v) is 7.24. The number of amides is 3. The Labute approximate surface area is 125 Å². The van der Waals surface area contributed by atoms with E-state index in [1.807, 2.05) is 0 Å². The molecular weight excluding hydrogens is 268 g/mol. The van der Waals surface area contributed by atoms with Crippen molar-refractivity contribution in [3.63, 3.8) is 0 Å². The highest BCUT2D eigenvalue weighted by molar-refractivity contribution is 6.04. The van der Waals surface area contributed by atoms with Crippen LogP contribution < -0.4 is 10.1 Å². The minimum Gasteiger partial charge on any atom is -0.497 e. The molecule has 1 aromatic carbocycles. The summed E-state index contributed by atoms with van der Waals surface area (Å²) in [7, 11) is 1.57. The van der Waals surface area contributed by atoms with Crippen LogP contribution in [0.2, 0.25) is 0 Å². The number of nitrogens with zero attached hydrogens (tertiary/aromatic N) is 1. The number of likely N-dealkylation sites (tertiary alicyclic amines) is 1. The number of methoxy groups -OCH3 is 1. The van der Waals surface area contributed by atoms with Crippen molar-refractivity contribution >= 4 is 11.9 Å². The molecule has 0 saturated carbocycles. The first-order valence-electron chi connectivity index (χ1n) is 7.24. The van der Waals surface area contributed by atoms with E-state index in [-0.39, 0.29) is 11.9 Å². The quantitative estimate of drug-likeness (QED) is 0.910. The maximum Gasteiger partial charge on any atom is 0.324 e. The molecule has 0 aliphatic carbocycles. The molecule has 2 unspecified atom stereocenters. The summed E-state index contributed by atoms with van der Waals surface area (Å²) in [6, 6.07) is 6.37. The zero-order valence-electron chi connectivity index (χ0n) is 12.8. The van der Waals surface area contributed by atoms with Crippen LogP contribution in [0.4, 0.5) is 4.79 Å². The van der Waals surface area contributed by atoms with Crippen LogP contribution in [-0.4, -0.2) is 37.0 Å². The highest BCUT2D eigenvalue weighted by atomic mass is 16.5. The van der Waals surface area contributed by atoms with Gasteiger partial charge in [0.25, 0.3) is 5.91 Å². The van der Waals surface area contributed by atoms with E-state index in [1.54, 1.807) is 36.3 Å². The highest BCUT2D eigenvalue weighted by Gasteiger charge is 2.26. The van der Waals surface area contributed by atoms with Crippen molar-refractivity contribution in [1.29, 1.82) is 0 Å². The molecule has 2 atom stereocenters. The lowest BCUT2D eigenvalue weighted by atomic mass is 9.92. The molecule has 0 aromatic heterocycles. The highest BCUT2D eigenvalue weighted by Crippen LogP contribution is 2.20. The second kappa shape index (κ2) is 6.61. The summed E-state index contributed by atoms with van der Waals surface area (Å²) < 4.78 is 5.04. The number of imide groups is 1. The number of nitrogens with one attached hydrogen (secondary N) is 1. The number of piperidine rings is 1. The van der Waals surface area contributed by atoms with E-state index in [2.05, 4.69) is 19.2 Å². The van der Waals surface area contributed by atoms with Gasteiger partial charge in [-0.15, -0.1) is 0 Å². The van der Waals surface area contributed by atoms with Crippen molar-refractivity contribution in [3.05, 3.63) is 29.8 Å². The Morgan fingerprint density at radius 3 is 2.24 bits per heavy atom. The van der Waals surface area contributed by atoms with Gasteiger partial charge in [0, 0.05) is 18.7 Å². The van der Waals surface area contributed by atoms with Crippen molar-refractivity contribution in [3.8, 4) is 5.75 Å². The second-order valence-corrected chi connectivity index (χ2v) is 5.84. The zero-order valence-corrected chi connectivity index (χ0v) is 12.8. The molecule has 5 heteroatoms. The van der Waals surface area contributed by atoms with Gasteiger partial charge in [-0.1, -0.05) is 13.8 Å². The van der Waals surface area contributed by atoms with Gasteiger partial charge >= 0.3 is 6.03 Å². The standard InChI is InChI=1S/C16H22N2O3/c1-11-8-12(2)10-18(9-11)16(20)17-15(19)13-4-6-14(21-3)7-5-13/h4-7,11-12H,8-10H2,1-3H3,(H,17,19,20). The first kappa shape index (κ1) is 15.4. The molecule has 1 saturated heterocycles. The van der Waals surface area contributed by atoms with Crippen molar-refractivity contribution in [2.45, 2.75) is 20.3 Å². The van der Waals surface area contributed by atoms with Gasteiger partial charge in [0.1, 0.15) is 5.75 Å². The fourth-order valence-corrected chi connectivity index (χ4v) is 2.82. The van der Waals surface area contributed by atoms with Crippen LogP contribution in [0.15, 0.2) is 24.3 Å². The Kier molecular flexibility index (Phi) is 4.83. The summed E-state index contributed by atoms with van der Waals surface area (Å²) in [6.45, 7) is 5.65. The van der Waals surface area contributed by atoms with Crippen molar-refractivity contribution < 1.29 is 14.3 Å². The molecule has 0 spiro atoms. The van der Waals surface area contributed by atoms with Gasteiger partial charge in [0.05, 0.1) is 7.11 Å². The first-order chi connectivity index (χ1) is 9.99. The monoisotopic (exact) mass is 290 g/mol. The smallest absolute Gasteiger partial charge is 0.324 e. The summed E-state index contributed by atoms with van der Waals surface area (Å²) in [6.07, 6.45) is 1.12. The molecule has 114 valence electrons. The Bertz CT molecular complexity index is 503. The summed E-state index contributed by atoms with van der Waals surface area (Å²) in [5.74, 6) is 1.23. The van der Waals surface area contributed by atoms with Crippen LogP contribution in [0.1, 0.15) is 30.6 Å². The number of benzene rings is 1. The number of urea groups is 1. The lowest BCUT2D eigenvalue weighted by Crippen LogP contribution is -2.49. The van der Waals surface area contributed by atoms with E-state index < -0.39 is 0 Å². The van der Waals surface area contributed by atoms with Crippen molar-refractivity contribution in [1.82, 2.24) is 10.2 Å². The van der Waals surface area contributed by atoms with Gasteiger partial charge in [0.2, 0.25) is 0 Å². The van der Waals surface area contributed by atoms with E-state index in [4.69, 9.17) is 4.74 Å². The van der Waals surface area contributed by atoms with Crippen molar-refractivity contribution in [2.75, 3.05) is 20.2 Å².